The van der Waals surface area contributed by atoms with Gasteiger partial charge in [0, 0.05) is 12.2 Å². The zero-order valence-electron chi connectivity index (χ0n) is 13.4. The monoisotopic (exact) mass is 310 g/mol. The number of likely N-dealkylation sites (tertiary alicyclic amines) is 1. The Bertz CT molecular complexity index is 640. The van der Waals surface area contributed by atoms with E-state index in [4.69, 9.17) is 4.74 Å². The number of carbonyl (C=O) groups excluding carboxylic acids is 1. The molecule has 1 saturated heterocycles. The molecule has 0 unspecified atom stereocenters. The third kappa shape index (κ3) is 4.33. The van der Waals surface area contributed by atoms with Crippen LogP contribution in [0.5, 0.6) is 11.5 Å². The normalized spacial score (nSPS) is 18.4. The number of carbonyl (C=O) groups is 1. The summed E-state index contributed by atoms with van der Waals surface area (Å²) in [7, 11) is 2.06. The summed E-state index contributed by atoms with van der Waals surface area (Å²) in [5.41, 5.74) is 0.809. The molecular weight excluding hydrogens is 288 g/mol. The minimum atomic E-state index is 0.0778. The number of hydrogen-bond donors (Lipinski definition) is 1. The molecule has 1 heterocycles. The van der Waals surface area contributed by atoms with Crippen molar-refractivity contribution < 1.29 is 9.53 Å². The van der Waals surface area contributed by atoms with Gasteiger partial charge in [-0.3, -0.25) is 4.79 Å². The first-order valence-electron chi connectivity index (χ1n) is 8.03. The Hall–Kier alpha value is -2.33. The first-order chi connectivity index (χ1) is 11.2. The maximum absolute atomic E-state index is 12.3. The number of amides is 1. The van der Waals surface area contributed by atoms with Crippen LogP contribution in [0.4, 0.5) is 5.69 Å². The Kier molecular flexibility index (Phi) is 4.93. The molecule has 2 aromatic rings. The van der Waals surface area contributed by atoms with Gasteiger partial charge >= 0.3 is 0 Å². The van der Waals surface area contributed by atoms with Crippen LogP contribution in [-0.4, -0.2) is 30.9 Å². The van der Waals surface area contributed by atoms with Crippen molar-refractivity contribution in [3.63, 3.8) is 0 Å². The highest BCUT2D eigenvalue weighted by molar-refractivity contribution is 5.92. The molecule has 4 nitrogen and oxygen atoms in total. The molecular formula is C19H22N2O2. The Morgan fingerprint density at radius 1 is 1.09 bits per heavy atom. The van der Waals surface area contributed by atoms with E-state index in [1.807, 2.05) is 54.6 Å². The van der Waals surface area contributed by atoms with Crippen LogP contribution in [-0.2, 0) is 4.79 Å². The van der Waals surface area contributed by atoms with Crippen molar-refractivity contribution in [2.45, 2.75) is 12.8 Å². The number of nitrogens with zero attached hydrogens (tertiary/aromatic N) is 1. The van der Waals surface area contributed by atoms with Gasteiger partial charge in [0.05, 0.1) is 5.92 Å². The fraction of sp³-hybridized carbons (Fsp3) is 0.316. The van der Waals surface area contributed by atoms with E-state index in [1.54, 1.807) is 0 Å². The smallest absolute Gasteiger partial charge is 0.228 e. The Morgan fingerprint density at radius 3 is 2.48 bits per heavy atom. The van der Waals surface area contributed by atoms with Gasteiger partial charge in [-0.1, -0.05) is 18.2 Å². The van der Waals surface area contributed by atoms with Crippen molar-refractivity contribution in [3.8, 4) is 11.5 Å². The minimum Gasteiger partial charge on any atom is -0.457 e. The second-order valence-corrected chi connectivity index (χ2v) is 6.03. The third-order valence-electron chi connectivity index (χ3n) is 4.10. The number of benzene rings is 2. The van der Waals surface area contributed by atoms with E-state index < -0.39 is 0 Å². The van der Waals surface area contributed by atoms with Gasteiger partial charge < -0.3 is 15.0 Å². The Morgan fingerprint density at radius 2 is 1.78 bits per heavy atom. The lowest BCUT2D eigenvalue weighted by molar-refractivity contribution is -0.121. The highest BCUT2D eigenvalue weighted by Crippen LogP contribution is 2.23. The maximum atomic E-state index is 12.3. The van der Waals surface area contributed by atoms with Crippen LogP contribution in [0.15, 0.2) is 54.6 Å². The van der Waals surface area contributed by atoms with Crippen LogP contribution in [0.25, 0.3) is 0 Å². The van der Waals surface area contributed by atoms with Gasteiger partial charge in [0.2, 0.25) is 5.91 Å². The van der Waals surface area contributed by atoms with Crippen LogP contribution in [0.1, 0.15) is 12.8 Å². The number of rotatable bonds is 4. The minimum absolute atomic E-state index is 0.0778. The fourth-order valence-corrected chi connectivity index (χ4v) is 2.86. The molecule has 0 aliphatic carbocycles. The summed E-state index contributed by atoms with van der Waals surface area (Å²) in [6, 6.07) is 17.1. The van der Waals surface area contributed by atoms with Crippen LogP contribution >= 0.6 is 0 Å². The van der Waals surface area contributed by atoms with Crippen LogP contribution in [0, 0.1) is 5.92 Å². The molecule has 1 N–H and O–H groups in total. The highest BCUT2D eigenvalue weighted by atomic mass is 16.5. The van der Waals surface area contributed by atoms with Gasteiger partial charge in [-0.25, -0.2) is 0 Å². The molecule has 0 aromatic heterocycles. The molecule has 2 aromatic carbocycles. The molecule has 1 aliphatic heterocycles. The molecule has 0 spiro atoms. The quantitative estimate of drug-likeness (QED) is 0.935. The molecule has 0 bridgehead atoms. The summed E-state index contributed by atoms with van der Waals surface area (Å²) < 4.78 is 5.75. The van der Waals surface area contributed by atoms with Crippen molar-refractivity contribution in [1.29, 1.82) is 0 Å². The number of anilines is 1. The summed E-state index contributed by atoms with van der Waals surface area (Å²) in [5.74, 6) is 1.74. The van der Waals surface area contributed by atoms with Crippen molar-refractivity contribution >= 4 is 11.6 Å². The van der Waals surface area contributed by atoms with Crippen molar-refractivity contribution in [2.75, 3.05) is 25.5 Å². The van der Waals surface area contributed by atoms with E-state index in [-0.39, 0.29) is 11.8 Å². The maximum Gasteiger partial charge on any atom is 0.228 e. The van der Waals surface area contributed by atoms with Gasteiger partial charge in [-0.2, -0.15) is 0 Å². The van der Waals surface area contributed by atoms with Crippen LogP contribution in [0.3, 0.4) is 0 Å². The molecule has 1 atom stereocenters. The number of hydrogen-bond acceptors (Lipinski definition) is 3. The number of piperidine rings is 1. The van der Waals surface area contributed by atoms with E-state index in [9.17, 15) is 4.79 Å². The molecule has 1 fully saturated rings. The molecule has 4 heteroatoms. The average molecular weight is 310 g/mol. The lowest BCUT2D eigenvalue weighted by Gasteiger charge is -2.28. The lowest BCUT2D eigenvalue weighted by Crippen LogP contribution is -2.38. The van der Waals surface area contributed by atoms with E-state index in [1.165, 1.54) is 0 Å². The van der Waals surface area contributed by atoms with Gasteiger partial charge in [0.1, 0.15) is 11.5 Å². The lowest BCUT2D eigenvalue weighted by atomic mass is 9.97. The molecule has 1 aliphatic rings. The molecule has 3 rings (SSSR count). The Balaban J connectivity index is 1.58. The zero-order valence-corrected chi connectivity index (χ0v) is 13.4. The van der Waals surface area contributed by atoms with Gasteiger partial charge in [0.15, 0.2) is 0 Å². The second-order valence-electron chi connectivity index (χ2n) is 6.03. The molecule has 1 amide bonds. The molecule has 0 radical (unpaired) electrons. The van der Waals surface area contributed by atoms with E-state index in [0.29, 0.717) is 0 Å². The Labute approximate surface area is 137 Å². The van der Waals surface area contributed by atoms with Crippen molar-refractivity contribution in [1.82, 2.24) is 4.90 Å². The van der Waals surface area contributed by atoms with E-state index in [0.717, 1.165) is 43.1 Å². The van der Waals surface area contributed by atoms with Crippen molar-refractivity contribution in [2.24, 2.45) is 5.92 Å². The average Bonchev–Trinajstić information content (AvgIpc) is 2.57. The SMILES string of the molecule is CN1CCC[C@H](C(=O)Nc2ccc(Oc3ccccc3)cc2)C1. The number of nitrogens with one attached hydrogen (secondary N) is 1. The van der Waals surface area contributed by atoms with Crippen LogP contribution < -0.4 is 10.1 Å². The van der Waals surface area contributed by atoms with E-state index >= 15 is 0 Å². The predicted octanol–water partition coefficient (Wildman–Crippen LogP) is 3.76. The topological polar surface area (TPSA) is 41.6 Å². The largest absolute Gasteiger partial charge is 0.457 e. The molecule has 0 saturated carbocycles. The van der Waals surface area contributed by atoms with Crippen molar-refractivity contribution in [3.05, 3.63) is 54.6 Å². The summed E-state index contributed by atoms with van der Waals surface area (Å²) in [5, 5.41) is 3.00. The predicted molar refractivity (Wildman–Crippen MR) is 91.8 cm³/mol. The van der Waals surface area contributed by atoms with Gasteiger partial charge in [-0.05, 0) is 62.8 Å². The van der Waals surface area contributed by atoms with Gasteiger partial charge in [0.25, 0.3) is 0 Å². The molecule has 120 valence electrons. The van der Waals surface area contributed by atoms with Gasteiger partial charge in [-0.15, -0.1) is 0 Å². The third-order valence-corrected chi connectivity index (χ3v) is 4.10. The zero-order chi connectivity index (χ0) is 16.1. The summed E-state index contributed by atoms with van der Waals surface area (Å²) in [4.78, 5) is 14.5. The molecule has 23 heavy (non-hydrogen) atoms. The standard InChI is InChI=1S/C19H22N2O2/c1-21-13-5-6-15(14-21)19(22)20-16-9-11-18(12-10-16)23-17-7-3-2-4-8-17/h2-4,7-12,15H,5-6,13-14H2,1H3,(H,20,22)/t15-/m0/s1. The van der Waals surface area contributed by atoms with E-state index in [2.05, 4.69) is 17.3 Å². The first kappa shape index (κ1) is 15.6. The summed E-state index contributed by atoms with van der Waals surface area (Å²) in [6.07, 6.45) is 2.05. The number of ether oxygens (including phenoxy) is 1. The fourth-order valence-electron chi connectivity index (χ4n) is 2.86. The highest BCUT2D eigenvalue weighted by Gasteiger charge is 2.23. The first-order valence-corrected chi connectivity index (χ1v) is 8.03. The summed E-state index contributed by atoms with van der Waals surface area (Å²) in [6.45, 7) is 1.91. The van der Waals surface area contributed by atoms with Crippen LogP contribution in [0.2, 0.25) is 0 Å². The second kappa shape index (κ2) is 7.29. The summed E-state index contributed by atoms with van der Waals surface area (Å²) >= 11 is 0. The number of para-hydroxylation sites is 1.